The average Bonchev–Trinajstić information content (AvgIpc) is 3.14. The first-order valence-corrected chi connectivity index (χ1v) is 10.6. The summed E-state index contributed by atoms with van der Waals surface area (Å²) in [7, 11) is 0. The number of unbranched alkanes of at least 4 members (excludes halogenated alkanes) is 1. The van der Waals surface area contributed by atoms with Gasteiger partial charge >= 0.3 is 0 Å². The Hall–Kier alpha value is -2.73. The minimum absolute atomic E-state index is 0.0366. The van der Waals surface area contributed by atoms with Gasteiger partial charge in [-0.25, -0.2) is 4.98 Å². The summed E-state index contributed by atoms with van der Waals surface area (Å²) in [5, 5.41) is 2.89. The molecule has 0 fully saturated rings. The second-order valence-electron chi connectivity index (χ2n) is 7.82. The van der Waals surface area contributed by atoms with E-state index in [1.54, 1.807) is 6.92 Å². The van der Waals surface area contributed by atoms with Crippen molar-refractivity contribution in [2.24, 2.45) is 0 Å². The van der Waals surface area contributed by atoms with Crippen LogP contribution in [-0.2, 0) is 17.8 Å². The van der Waals surface area contributed by atoms with Crippen LogP contribution in [0.25, 0.3) is 11.0 Å². The molecule has 0 saturated heterocycles. The molecule has 152 valence electrons. The maximum Gasteiger partial charge on any atom is 0.216 e. The van der Waals surface area contributed by atoms with E-state index in [1.807, 2.05) is 30.5 Å². The van der Waals surface area contributed by atoms with Crippen molar-refractivity contribution in [2.75, 3.05) is 13.1 Å². The van der Waals surface area contributed by atoms with E-state index in [1.165, 1.54) is 17.7 Å². The number of hydrogen-bond acceptors (Lipinski definition) is 4. The molecule has 1 aliphatic rings. The van der Waals surface area contributed by atoms with E-state index >= 15 is 0 Å². The fourth-order valence-electron chi connectivity index (χ4n) is 4.26. The zero-order valence-corrected chi connectivity index (χ0v) is 17.0. The Morgan fingerprint density at radius 3 is 3.00 bits per heavy atom. The predicted octanol–water partition coefficient (Wildman–Crippen LogP) is 3.75. The maximum absolute atomic E-state index is 11.1. The second-order valence-corrected chi connectivity index (χ2v) is 7.82. The van der Waals surface area contributed by atoms with Gasteiger partial charge in [0.05, 0.1) is 29.3 Å². The Balaban J connectivity index is 1.51. The minimum atomic E-state index is 0.0366. The lowest BCUT2D eigenvalue weighted by Crippen LogP contribution is -2.33. The number of para-hydroxylation sites is 2. The van der Waals surface area contributed by atoms with E-state index in [2.05, 4.69) is 27.3 Å². The SMILES string of the molecule is CC(=O)NCCCCN(Cc1nc2ccccc2[nH]1)[C@H]1CCCc2cccnc21. The zero-order chi connectivity index (χ0) is 20.1. The molecule has 1 aliphatic carbocycles. The predicted molar refractivity (Wildman–Crippen MR) is 114 cm³/mol. The molecule has 6 heteroatoms. The second kappa shape index (κ2) is 9.18. The average molecular weight is 392 g/mol. The third-order valence-electron chi connectivity index (χ3n) is 5.64. The molecule has 6 nitrogen and oxygen atoms in total. The number of amides is 1. The summed E-state index contributed by atoms with van der Waals surface area (Å²) in [5.74, 6) is 1.03. The van der Waals surface area contributed by atoms with Gasteiger partial charge in [-0.05, 0) is 62.4 Å². The molecule has 0 saturated carbocycles. The van der Waals surface area contributed by atoms with Crippen LogP contribution in [0.5, 0.6) is 0 Å². The van der Waals surface area contributed by atoms with Crippen molar-refractivity contribution in [3.8, 4) is 0 Å². The van der Waals surface area contributed by atoms with Crippen molar-refractivity contribution in [1.29, 1.82) is 0 Å². The van der Waals surface area contributed by atoms with Gasteiger partial charge < -0.3 is 10.3 Å². The highest BCUT2D eigenvalue weighted by molar-refractivity contribution is 5.74. The third-order valence-corrected chi connectivity index (χ3v) is 5.64. The smallest absolute Gasteiger partial charge is 0.216 e. The maximum atomic E-state index is 11.1. The van der Waals surface area contributed by atoms with E-state index in [0.29, 0.717) is 6.04 Å². The number of aryl methyl sites for hydroxylation is 1. The van der Waals surface area contributed by atoms with Crippen LogP contribution < -0.4 is 5.32 Å². The van der Waals surface area contributed by atoms with Crippen LogP contribution in [0.3, 0.4) is 0 Å². The number of carbonyl (C=O) groups excluding carboxylic acids is 1. The number of nitrogens with one attached hydrogen (secondary N) is 2. The molecule has 2 N–H and O–H groups in total. The summed E-state index contributed by atoms with van der Waals surface area (Å²) in [6.07, 6.45) is 7.33. The van der Waals surface area contributed by atoms with Gasteiger partial charge in [-0.15, -0.1) is 0 Å². The molecular weight excluding hydrogens is 362 g/mol. The molecule has 1 amide bonds. The van der Waals surface area contributed by atoms with Crippen LogP contribution in [0.15, 0.2) is 42.6 Å². The van der Waals surface area contributed by atoms with Crippen molar-refractivity contribution < 1.29 is 4.79 Å². The lowest BCUT2D eigenvalue weighted by Gasteiger charge is -2.34. The van der Waals surface area contributed by atoms with Crippen LogP contribution in [0.2, 0.25) is 0 Å². The van der Waals surface area contributed by atoms with Crippen molar-refractivity contribution in [3.63, 3.8) is 0 Å². The fraction of sp³-hybridized carbons (Fsp3) is 0.435. The molecule has 1 aromatic carbocycles. The molecular formula is C23H29N5O. The lowest BCUT2D eigenvalue weighted by molar-refractivity contribution is -0.118. The van der Waals surface area contributed by atoms with Gasteiger partial charge in [0.25, 0.3) is 0 Å². The third kappa shape index (κ3) is 4.82. The van der Waals surface area contributed by atoms with Crippen molar-refractivity contribution in [1.82, 2.24) is 25.2 Å². The molecule has 0 spiro atoms. The Morgan fingerprint density at radius 2 is 2.14 bits per heavy atom. The largest absolute Gasteiger partial charge is 0.356 e. The zero-order valence-electron chi connectivity index (χ0n) is 17.0. The van der Waals surface area contributed by atoms with E-state index in [0.717, 1.165) is 62.2 Å². The molecule has 2 heterocycles. The Kier molecular flexibility index (Phi) is 6.20. The van der Waals surface area contributed by atoms with Crippen molar-refractivity contribution in [2.45, 2.75) is 51.6 Å². The molecule has 3 aromatic rings. The standard InChI is InChI=1S/C23H29N5O/c1-17(29)24-13-4-5-15-28(16-22-26-19-10-2-3-11-20(19)27-22)21-12-6-8-18-9-7-14-25-23(18)21/h2-3,7,9-11,14,21H,4-6,8,12-13,15-16H2,1H3,(H,24,29)(H,26,27)/t21-/m0/s1. The minimum Gasteiger partial charge on any atom is -0.356 e. The molecule has 0 aliphatic heterocycles. The number of fused-ring (bicyclic) bond motifs is 2. The molecule has 0 bridgehead atoms. The van der Waals surface area contributed by atoms with E-state index in [9.17, 15) is 4.79 Å². The van der Waals surface area contributed by atoms with Crippen molar-refractivity contribution in [3.05, 3.63) is 59.7 Å². The first-order valence-electron chi connectivity index (χ1n) is 10.6. The lowest BCUT2D eigenvalue weighted by atomic mass is 9.90. The van der Waals surface area contributed by atoms with Gasteiger partial charge in [0, 0.05) is 19.7 Å². The van der Waals surface area contributed by atoms with Crippen LogP contribution in [0, 0.1) is 0 Å². The number of carbonyl (C=O) groups is 1. The normalized spacial score (nSPS) is 16.1. The van der Waals surface area contributed by atoms with Crippen molar-refractivity contribution >= 4 is 16.9 Å². The van der Waals surface area contributed by atoms with Gasteiger partial charge in [-0.3, -0.25) is 14.7 Å². The molecule has 1 atom stereocenters. The Bertz CT molecular complexity index is 934. The van der Waals surface area contributed by atoms with Crippen LogP contribution in [0.4, 0.5) is 0 Å². The van der Waals surface area contributed by atoms with Crippen LogP contribution in [-0.4, -0.2) is 38.8 Å². The summed E-state index contributed by atoms with van der Waals surface area (Å²) >= 11 is 0. The Morgan fingerprint density at radius 1 is 1.24 bits per heavy atom. The highest BCUT2D eigenvalue weighted by atomic mass is 16.1. The number of nitrogens with zero attached hydrogens (tertiary/aromatic N) is 3. The number of aromatic amines is 1. The van der Waals surface area contributed by atoms with E-state index in [4.69, 9.17) is 9.97 Å². The fourth-order valence-corrected chi connectivity index (χ4v) is 4.26. The van der Waals surface area contributed by atoms with E-state index in [-0.39, 0.29) is 5.91 Å². The number of benzene rings is 1. The number of pyridine rings is 1. The van der Waals surface area contributed by atoms with Gasteiger partial charge in [-0.2, -0.15) is 0 Å². The molecule has 29 heavy (non-hydrogen) atoms. The first-order chi connectivity index (χ1) is 14.2. The topological polar surface area (TPSA) is 73.9 Å². The Labute approximate surface area is 171 Å². The first kappa shape index (κ1) is 19.6. The molecule has 2 aromatic heterocycles. The van der Waals surface area contributed by atoms with Crippen LogP contribution >= 0.6 is 0 Å². The number of hydrogen-bond donors (Lipinski definition) is 2. The quantitative estimate of drug-likeness (QED) is 0.574. The number of H-pyrrole nitrogens is 1. The monoisotopic (exact) mass is 391 g/mol. The highest BCUT2D eigenvalue weighted by Crippen LogP contribution is 2.33. The molecule has 0 unspecified atom stereocenters. The number of rotatable bonds is 8. The van der Waals surface area contributed by atoms with Gasteiger partial charge in [0.15, 0.2) is 0 Å². The highest BCUT2D eigenvalue weighted by Gasteiger charge is 2.27. The van der Waals surface area contributed by atoms with Gasteiger partial charge in [0.1, 0.15) is 5.82 Å². The molecule has 4 rings (SSSR count). The number of aromatic nitrogens is 3. The molecule has 0 radical (unpaired) electrons. The summed E-state index contributed by atoms with van der Waals surface area (Å²) in [4.78, 5) is 26.6. The van der Waals surface area contributed by atoms with E-state index < -0.39 is 0 Å². The number of imidazole rings is 1. The van der Waals surface area contributed by atoms with Gasteiger partial charge in [0.2, 0.25) is 5.91 Å². The summed E-state index contributed by atoms with van der Waals surface area (Å²) in [6, 6.07) is 12.7. The summed E-state index contributed by atoms with van der Waals surface area (Å²) in [6.45, 7) is 4.03. The van der Waals surface area contributed by atoms with Gasteiger partial charge in [-0.1, -0.05) is 18.2 Å². The summed E-state index contributed by atoms with van der Waals surface area (Å²) in [5.41, 5.74) is 4.68. The van der Waals surface area contributed by atoms with Crippen LogP contribution in [0.1, 0.15) is 55.7 Å². The summed E-state index contributed by atoms with van der Waals surface area (Å²) < 4.78 is 0.